The second kappa shape index (κ2) is 9.61. The lowest BCUT2D eigenvalue weighted by Gasteiger charge is -2.28. The van der Waals surface area contributed by atoms with Crippen molar-refractivity contribution in [2.75, 3.05) is 6.61 Å². The van der Waals surface area contributed by atoms with Gasteiger partial charge in [0.25, 0.3) is 0 Å². The van der Waals surface area contributed by atoms with Crippen LogP contribution in [0.2, 0.25) is 0 Å². The highest BCUT2D eigenvalue weighted by Gasteiger charge is 2.41. The maximum Gasteiger partial charge on any atom is 0.317 e. The predicted molar refractivity (Wildman–Crippen MR) is 91.5 cm³/mol. The second-order valence-electron chi connectivity index (χ2n) is 5.44. The lowest BCUT2D eigenvalue weighted by Crippen LogP contribution is -2.36. The molecule has 0 amide bonds. The summed E-state index contributed by atoms with van der Waals surface area (Å²) >= 11 is 0. The van der Waals surface area contributed by atoms with Gasteiger partial charge in [0.05, 0.1) is 24.3 Å². The van der Waals surface area contributed by atoms with E-state index >= 15 is 0 Å². The summed E-state index contributed by atoms with van der Waals surface area (Å²) in [5, 5.41) is 27.8. The first-order valence-corrected chi connectivity index (χ1v) is 7.84. The van der Waals surface area contributed by atoms with E-state index in [1.165, 1.54) is 6.92 Å². The topological polar surface area (TPSA) is 141 Å². The van der Waals surface area contributed by atoms with E-state index in [-0.39, 0.29) is 12.3 Å². The highest BCUT2D eigenvalue weighted by atomic mass is 16.5. The molecule has 0 unspecified atom stereocenters. The molecule has 0 aromatic heterocycles. The summed E-state index contributed by atoms with van der Waals surface area (Å²) in [4.78, 5) is 24.6. The fraction of sp³-hybridized carbons (Fsp3) is 0.316. The number of hydrogen-bond donors (Lipinski definition) is 1. The van der Waals surface area contributed by atoms with Gasteiger partial charge in [-0.3, -0.25) is 9.59 Å². The highest BCUT2D eigenvalue weighted by Crippen LogP contribution is 2.37. The number of ketones is 1. The van der Waals surface area contributed by atoms with E-state index in [2.05, 4.69) is 0 Å². The van der Waals surface area contributed by atoms with Crippen LogP contribution in [-0.2, 0) is 14.3 Å². The van der Waals surface area contributed by atoms with Crippen molar-refractivity contribution < 1.29 is 14.3 Å². The number of nitrogens with two attached hydrogens (primary N) is 1. The molecule has 3 atom stereocenters. The number of hydrogen-bond acceptors (Lipinski definition) is 7. The smallest absolute Gasteiger partial charge is 0.317 e. The van der Waals surface area contributed by atoms with Crippen LogP contribution in [-0.4, -0.2) is 18.4 Å². The maximum absolute atomic E-state index is 12.4. The van der Waals surface area contributed by atoms with Crippen LogP contribution in [0.4, 0.5) is 0 Å². The average molecular weight is 350 g/mol. The molecule has 0 aliphatic rings. The van der Waals surface area contributed by atoms with E-state index in [4.69, 9.17) is 21.0 Å². The van der Waals surface area contributed by atoms with Crippen LogP contribution in [0.5, 0.6) is 0 Å². The Morgan fingerprint density at radius 2 is 1.73 bits per heavy atom. The number of benzene rings is 1. The minimum atomic E-state index is -1.29. The van der Waals surface area contributed by atoms with Crippen LogP contribution >= 0.6 is 0 Å². The predicted octanol–water partition coefficient (Wildman–Crippen LogP) is 1.94. The summed E-state index contributed by atoms with van der Waals surface area (Å²) in [5.41, 5.74) is 5.69. The number of allylic oxidation sites excluding steroid dienone is 2. The first-order valence-electron chi connectivity index (χ1n) is 7.84. The van der Waals surface area contributed by atoms with Crippen molar-refractivity contribution in [1.82, 2.24) is 0 Å². The van der Waals surface area contributed by atoms with Gasteiger partial charge in [-0.15, -0.1) is 0 Å². The van der Waals surface area contributed by atoms with Crippen molar-refractivity contribution >= 4 is 11.8 Å². The van der Waals surface area contributed by atoms with Crippen molar-refractivity contribution in [2.45, 2.75) is 19.8 Å². The Labute approximate surface area is 151 Å². The molecule has 26 heavy (non-hydrogen) atoms. The number of ether oxygens (including phenoxy) is 1. The lowest BCUT2D eigenvalue weighted by atomic mass is 9.74. The third-order valence-corrected chi connectivity index (χ3v) is 3.87. The molecule has 0 aliphatic carbocycles. The van der Waals surface area contributed by atoms with Gasteiger partial charge in [0.1, 0.15) is 29.4 Å². The molecule has 0 bridgehead atoms. The van der Waals surface area contributed by atoms with Gasteiger partial charge in [0, 0.05) is 5.92 Å². The van der Waals surface area contributed by atoms with Gasteiger partial charge < -0.3 is 10.5 Å². The molecule has 0 fully saturated rings. The van der Waals surface area contributed by atoms with Crippen LogP contribution < -0.4 is 5.73 Å². The van der Waals surface area contributed by atoms with Crippen LogP contribution in [0.15, 0.2) is 41.6 Å². The van der Waals surface area contributed by atoms with Gasteiger partial charge in [-0.05, 0) is 19.4 Å². The van der Waals surface area contributed by atoms with E-state index in [0.29, 0.717) is 5.56 Å². The normalized spacial score (nSPS) is 13.0. The molecule has 1 aromatic carbocycles. The van der Waals surface area contributed by atoms with E-state index in [0.717, 1.165) is 0 Å². The molecule has 0 saturated heterocycles. The van der Waals surface area contributed by atoms with Gasteiger partial charge in [0.15, 0.2) is 0 Å². The van der Waals surface area contributed by atoms with Gasteiger partial charge in [-0.2, -0.15) is 15.8 Å². The molecule has 132 valence electrons. The largest absolute Gasteiger partial charge is 0.465 e. The summed E-state index contributed by atoms with van der Waals surface area (Å²) in [6.07, 6.45) is 0. The highest BCUT2D eigenvalue weighted by molar-refractivity contribution is 5.99. The first kappa shape index (κ1) is 20.4. The van der Waals surface area contributed by atoms with Crippen LogP contribution in [0.3, 0.4) is 0 Å². The van der Waals surface area contributed by atoms with E-state index in [9.17, 15) is 14.9 Å². The van der Waals surface area contributed by atoms with E-state index in [1.54, 1.807) is 49.4 Å². The zero-order valence-electron chi connectivity index (χ0n) is 14.5. The van der Waals surface area contributed by atoms with Gasteiger partial charge in [-0.25, -0.2) is 0 Å². The Balaban J connectivity index is 3.66. The molecule has 1 rings (SSSR count). The summed E-state index contributed by atoms with van der Waals surface area (Å²) in [6.45, 7) is 2.89. The Morgan fingerprint density at radius 3 is 2.15 bits per heavy atom. The third kappa shape index (κ3) is 4.47. The molecular weight excluding hydrogens is 332 g/mol. The zero-order chi connectivity index (χ0) is 19.7. The summed E-state index contributed by atoms with van der Waals surface area (Å²) in [7, 11) is 0. The molecule has 0 saturated carbocycles. The van der Waals surface area contributed by atoms with Crippen LogP contribution in [0.1, 0.15) is 25.3 Å². The quantitative estimate of drug-likeness (QED) is 0.450. The van der Waals surface area contributed by atoms with Gasteiger partial charge >= 0.3 is 5.97 Å². The fourth-order valence-electron chi connectivity index (χ4n) is 2.70. The first-order chi connectivity index (χ1) is 12.4. The third-order valence-electron chi connectivity index (χ3n) is 3.87. The Hall–Kier alpha value is -3.63. The van der Waals surface area contributed by atoms with Crippen molar-refractivity contribution in [3.63, 3.8) is 0 Å². The van der Waals surface area contributed by atoms with Crippen molar-refractivity contribution in [2.24, 2.45) is 17.6 Å². The van der Waals surface area contributed by atoms with Crippen LogP contribution in [0.25, 0.3) is 0 Å². The maximum atomic E-state index is 12.4. The van der Waals surface area contributed by atoms with Crippen molar-refractivity contribution in [3.05, 3.63) is 47.2 Å². The number of nitriles is 3. The number of nitrogens with zero attached hydrogens (tertiary/aromatic N) is 3. The Kier molecular flexibility index (Phi) is 7.55. The molecule has 0 aliphatic heterocycles. The minimum absolute atomic E-state index is 0.0638. The minimum Gasteiger partial charge on any atom is -0.465 e. The summed E-state index contributed by atoms with van der Waals surface area (Å²) < 4.78 is 5.00. The van der Waals surface area contributed by atoms with Gasteiger partial charge in [0.2, 0.25) is 0 Å². The summed E-state index contributed by atoms with van der Waals surface area (Å²) in [6, 6.07) is 13.6. The number of carbonyl (C=O) groups is 2. The Bertz CT molecular complexity index is 809. The number of esters is 1. The summed E-state index contributed by atoms with van der Waals surface area (Å²) in [5.74, 6) is -4.79. The second-order valence-corrected chi connectivity index (χ2v) is 5.44. The molecule has 7 heteroatoms. The van der Waals surface area contributed by atoms with Crippen LogP contribution in [0, 0.1) is 45.8 Å². The lowest BCUT2D eigenvalue weighted by molar-refractivity contribution is -0.152. The fourth-order valence-corrected chi connectivity index (χ4v) is 2.70. The molecule has 1 aromatic rings. The average Bonchev–Trinajstić information content (AvgIpc) is 2.63. The molecular formula is C19H18N4O3. The van der Waals surface area contributed by atoms with Crippen molar-refractivity contribution in [3.8, 4) is 18.2 Å². The molecule has 0 heterocycles. The Morgan fingerprint density at radius 1 is 1.15 bits per heavy atom. The van der Waals surface area contributed by atoms with Gasteiger partial charge in [-0.1, -0.05) is 30.3 Å². The van der Waals surface area contributed by atoms with E-state index in [1.807, 2.05) is 6.07 Å². The standard InChI is InChI=1S/C19H18N4O3/c1-3-26-19(25)16(12(2)24)17(13-7-5-4-6-8-13)15(11-22)18(23)14(9-20)10-21/h4-8,15-17H,3,23H2,1-2H3/t15-,16+,17-/m0/s1. The molecule has 0 spiro atoms. The monoisotopic (exact) mass is 350 g/mol. The zero-order valence-corrected chi connectivity index (χ0v) is 14.5. The van der Waals surface area contributed by atoms with E-state index < -0.39 is 35.1 Å². The molecule has 0 radical (unpaired) electrons. The molecule has 7 nitrogen and oxygen atoms in total. The SMILES string of the molecule is CCOC(=O)[C@H](C(C)=O)[C@@H](c1ccccc1)[C@H](C#N)C(N)=C(C#N)C#N. The number of rotatable bonds is 7. The number of Topliss-reactive ketones (excluding diaryl/α,β-unsaturated/α-hetero) is 1. The molecule has 2 N–H and O–H groups in total. The van der Waals surface area contributed by atoms with Crippen molar-refractivity contribution in [1.29, 1.82) is 15.8 Å². The number of carbonyl (C=O) groups excluding carboxylic acids is 2.